The first-order valence-electron chi connectivity index (χ1n) is 9.96. The summed E-state index contributed by atoms with van der Waals surface area (Å²) in [5.74, 6) is 0.764. The van der Waals surface area contributed by atoms with E-state index >= 15 is 0 Å². The fraction of sp³-hybridized carbons (Fsp3) is 0.850. The number of rotatable bonds is 7. The summed E-state index contributed by atoms with van der Waals surface area (Å²) in [6.07, 6.45) is 10.6. The standard InChI is InChI=1S/C20H36N4O/c1-19(2)9-10-20(25-19)7-5-16(6-8-20)13-18-17(14-22-23-18)15-24(4)12-11-21-3/h14,16,21H,5-13,15H2,1-4H3,(H,22,23). The Morgan fingerprint density at radius 1 is 1.28 bits per heavy atom. The number of aromatic amines is 1. The van der Waals surface area contributed by atoms with E-state index in [-0.39, 0.29) is 11.2 Å². The van der Waals surface area contributed by atoms with Crippen molar-refractivity contribution in [3.05, 3.63) is 17.5 Å². The van der Waals surface area contributed by atoms with Crippen molar-refractivity contribution >= 4 is 0 Å². The van der Waals surface area contributed by atoms with Gasteiger partial charge < -0.3 is 15.0 Å². The lowest BCUT2D eigenvalue weighted by Crippen LogP contribution is -2.36. The van der Waals surface area contributed by atoms with E-state index in [9.17, 15) is 0 Å². The predicted octanol–water partition coefficient (Wildman–Crippen LogP) is 3.12. The van der Waals surface area contributed by atoms with Crippen LogP contribution in [0, 0.1) is 5.92 Å². The van der Waals surface area contributed by atoms with Crippen molar-refractivity contribution in [2.75, 3.05) is 27.2 Å². The lowest BCUT2D eigenvalue weighted by atomic mass is 9.75. The molecule has 0 amide bonds. The Morgan fingerprint density at radius 3 is 2.68 bits per heavy atom. The maximum Gasteiger partial charge on any atom is 0.0691 e. The lowest BCUT2D eigenvalue weighted by molar-refractivity contribution is -0.108. The molecule has 1 aliphatic carbocycles. The van der Waals surface area contributed by atoms with E-state index in [0.717, 1.165) is 32.0 Å². The molecule has 1 saturated heterocycles. The van der Waals surface area contributed by atoms with Crippen LogP contribution in [0.3, 0.4) is 0 Å². The minimum absolute atomic E-state index is 0.0846. The van der Waals surface area contributed by atoms with Gasteiger partial charge >= 0.3 is 0 Å². The van der Waals surface area contributed by atoms with Gasteiger partial charge in [0.2, 0.25) is 0 Å². The van der Waals surface area contributed by atoms with Crippen molar-refractivity contribution in [2.24, 2.45) is 5.92 Å². The topological polar surface area (TPSA) is 53.2 Å². The van der Waals surface area contributed by atoms with Gasteiger partial charge in [-0.1, -0.05) is 0 Å². The Kier molecular flexibility index (Phi) is 5.86. The smallest absolute Gasteiger partial charge is 0.0691 e. The molecule has 1 aromatic heterocycles. The molecule has 0 atom stereocenters. The molecule has 2 heterocycles. The second-order valence-electron chi connectivity index (χ2n) is 8.91. The van der Waals surface area contributed by atoms with Gasteiger partial charge in [0.15, 0.2) is 0 Å². The van der Waals surface area contributed by atoms with E-state index in [1.807, 2.05) is 13.2 Å². The molecule has 1 saturated carbocycles. The Balaban J connectivity index is 1.51. The molecule has 0 radical (unpaired) electrons. The molecule has 1 spiro atoms. The summed E-state index contributed by atoms with van der Waals surface area (Å²) in [6.45, 7) is 7.54. The van der Waals surface area contributed by atoms with Gasteiger partial charge in [-0.05, 0) is 78.8 Å². The van der Waals surface area contributed by atoms with Crippen LogP contribution < -0.4 is 5.32 Å². The van der Waals surface area contributed by atoms with Gasteiger partial charge in [0.25, 0.3) is 0 Å². The average Bonchev–Trinajstić information content (AvgIpc) is 3.12. The largest absolute Gasteiger partial charge is 0.369 e. The van der Waals surface area contributed by atoms with Crippen LogP contribution in [0.5, 0.6) is 0 Å². The maximum absolute atomic E-state index is 6.44. The first-order valence-corrected chi connectivity index (χ1v) is 9.96. The van der Waals surface area contributed by atoms with Gasteiger partial charge in [0.1, 0.15) is 0 Å². The molecule has 0 aromatic carbocycles. The van der Waals surface area contributed by atoms with Crippen molar-refractivity contribution in [2.45, 2.75) is 76.5 Å². The summed E-state index contributed by atoms with van der Waals surface area (Å²) in [5.41, 5.74) is 2.97. The summed E-state index contributed by atoms with van der Waals surface area (Å²) in [4.78, 5) is 2.36. The van der Waals surface area contributed by atoms with Crippen LogP contribution in [-0.4, -0.2) is 53.5 Å². The summed E-state index contributed by atoms with van der Waals surface area (Å²) in [6, 6.07) is 0. The van der Waals surface area contributed by atoms with Crippen molar-refractivity contribution < 1.29 is 4.74 Å². The van der Waals surface area contributed by atoms with Crippen LogP contribution in [0.15, 0.2) is 6.20 Å². The normalized spacial score (nSPS) is 28.9. The monoisotopic (exact) mass is 348 g/mol. The molecular formula is C20H36N4O. The first-order chi connectivity index (χ1) is 11.9. The number of hydrogen-bond donors (Lipinski definition) is 2. The number of nitrogens with one attached hydrogen (secondary N) is 2. The van der Waals surface area contributed by atoms with Gasteiger partial charge in [-0.15, -0.1) is 0 Å². The van der Waals surface area contributed by atoms with Gasteiger partial charge in [-0.2, -0.15) is 5.10 Å². The van der Waals surface area contributed by atoms with Gasteiger partial charge in [-0.25, -0.2) is 0 Å². The highest BCUT2D eigenvalue weighted by Crippen LogP contribution is 2.47. The Hall–Kier alpha value is -0.910. The molecule has 2 N–H and O–H groups in total. The first kappa shape index (κ1) is 18.9. The number of aromatic nitrogens is 2. The molecule has 5 heteroatoms. The summed E-state index contributed by atoms with van der Waals surface area (Å²) >= 11 is 0. The molecule has 3 rings (SSSR count). The van der Waals surface area contributed by atoms with E-state index in [2.05, 4.69) is 41.3 Å². The molecule has 2 aliphatic rings. The highest BCUT2D eigenvalue weighted by molar-refractivity contribution is 5.17. The summed E-state index contributed by atoms with van der Waals surface area (Å²) in [7, 11) is 4.18. The van der Waals surface area contributed by atoms with Crippen LogP contribution in [0.2, 0.25) is 0 Å². The zero-order chi connectivity index (χ0) is 17.9. The number of likely N-dealkylation sites (N-methyl/N-ethyl adjacent to an activating group) is 2. The minimum Gasteiger partial charge on any atom is -0.369 e. The third-order valence-electron chi connectivity index (χ3n) is 6.18. The van der Waals surface area contributed by atoms with Crippen molar-refractivity contribution in [3.8, 4) is 0 Å². The molecule has 1 aliphatic heterocycles. The highest BCUT2D eigenvalue weighted by Gasteiger charge is 2.45. The van der Waals surface area contributed by atoms with Crippen LogP contribution in [0.25, 0.3) is 0 Å². The van der Waals surface area contributed by atoms with E-state index in [1.54, 1.807) is 0 Å². The average molecular weight is 349 g/mol. The molecule has 1 aromatic rings. The second kappa shape index (κ2) is 7.77. The zero-order valence-corrected chi connectivity index (χ0v) is 16.5. The van der Waals surface area contributed by atoms with Crippen molar-refractivity contribution in [1.82, 2.24) is 20.4 Å². The molecule has 0 bridgehead atoms. The number of hydrogen-bond acceptors (Lipinski definition) is 4. The third-order valence-corrected chi connectivity index (χ3v) is 6.18. The van der Waals surface area contributed by atoms with E-state index in [0.29, 0.717) is 0 Å². The van der Waals surface area contributed by atoms with Crippen LogP contribution in [0.4, 0.5) is 0 Å². The Morgan fingerprint density at radius 2 is 2.04 bits per heavy atom. The van der Waals surface area contributed by atoms with E-state index < -0.39 is 0 Å². The van der Waals surface area contributed by atoms with Crippen LogP contribution in [0.1, 0.15) is 63.6 Å². The minimum atomic E-state index is 0.0846. The maximum atomic E-state index is 6.44. The number of nitrogens with zero attached hydrogens (tertiary/aromatic N) is 2. The number of ether oxygens (including phenoxy) is 1. The highest BCUT2D eigenvalue weighted by atomic mass is 16.5. The lowest BCUT2D eigenvalue weighted by Gasteiger charge is -2.38. The molecule has 2 fully saturated rings. The van der Waals surface area contributed by atoms with Crippen LogP contribution >= 0.6 is 0 Å². The zero-order valence-electron chi connectivity index (χ0n) is 16.5. The second-order valence-corrected chi connectivity index (χ2v) is 8.91. The van der Waals surface area contributed by atoms with E-state index in [4.69, 9.17) is 4.74 Å². The SMILES string of the molecule is CNCCN(C)Cc1cn[nH]c1CC1CCC2(CC1)CCC(C)(C)O2. The van der Waals surface area contributed by atoms with E-state index in [1.165, 1.54) is 49.8 Å². The Labute approximate surface area is 152 Å². The van der Waals surface area contributed by atoms with Crippen LogP contribution in [-0.2, 0) is 17.7 Å². The van der Waals surface area contributed by atoms with Crippen molar-refractivity contribution in [3.63, 3.8) is 0 Å². The predicted molar refractivity (Wildman–Crippen MR) is 102 cm³/mol. The molecule has 5 nitrogen and oxygen atoms in total. The summed E-state index contributed by atoms with van der Waals surface area (Å²) in [5, 5.41) is 10.8. The van der Waals surface area contributed by atoms with Crippen molar-refractivity contribution in [1.29, 1.82) is 0 Å². The van der Waals surface area contributed by atoms with Gasteiger partial charge in [0, 0.05) is 30.9 Å². The Bertz CT molecular complexity index is 546. The number of H-pyrrole nitrogens is 1. The molecule has 142 valence electrons. The summed E-state index contributed by atoms with van der Waals surface area (Å²) < 4.78 is 6.44. The fourth-order valence-corrected chi connectivity index (χ4v) is 4.59. The van der Waals surface area contributed by atoms with Gasteiger partial charge in [-0.3, -0.25) is 5.10 Å². The van der Waals surface area contributed by atoms with Gasteiger partial charge in [0.05, 0.1) is 17.4 Å². The fourth-order valence-electron chi connectivity index (χ4n) is 4.59. The molecule has 25 heavy (non-hydrogen) atoms. The molecule has 0 unspecified atom stereocenters. The third kappa shape index (κ3) is 4.83. The molecular weight excluding hydrogens is 312 g/mol. The quantitative estimate of drug-likeness (QED) is 0.795.